The molecule has 7 heteroatoms. The van der Waals surface area contributed by atoms with Crippen molar-refractivity contribution in [1.29, 1.82) is 0 Å². The quantitative estimate of drug-likeness (QED) is 0.376. The van der Waals surface area contributed by atoms with Crippen molar-refractivity contribution in [3.8, 4) is 0 Å². The Labute approximate surface area is 145 Å². The number of non-ortho nitro benzene ring substituents is 1. The van der Waals surface area contributed by atoms with Gasteiger partial charge in [-0.2, -0.15) is 5.11 Å². The van der Waals surface area contributed by atoms with Crippen LogP contribution in [0.4, 0.5) is 22.7 Å². The van der Waals surface area contributed by atoms with E-state index in [0.29, 0.717) is 22.0 Å². The molecule has 0 aliphatic heterocycles. The summed E-state index contributed by atoms with van der Waals surface area (Å²) in [7, 11) is 0. The largest absolute Gasteiger partial charge is 0.372 e. The number of nitrogens with zero attached hydrogens (tertiary/aromatic N) is 4. The zero-order valence-corrected chi connectivity index (χ0v) is 14.6. The molecule has 0 bridgehead atoms. The highest BCUT2D eigenvalue weighted by Gasteiger charge is 2.09. The van der Waals surface area contributed by atoms with Crippen LogP contribution in [0, 0.1) is 17.0 Å². The topological polar surface area (TPSA) is 71.1 Å². The van der Waals surface area contributed by atoms with Crippen LogP contribution < -0.4 is 4.90 Å². The summed E-state index contributed by atoms with van der Waals surface area (Å²) >= 11 is 6.29. The average Bonchev–Trinajstić information content (AvgIpc) is 2.56. The highest BCUT2D eigenvalue weighted by molar-refractivity contribution is 6.33. The fourth-order valence-electron chi connectivity index (χ4n) is 2.34. The van der Waals surface area contributed by atoms with E-state index in [1.54, 1.807) is 13.0 Å². The van der Waals surface area contributed by atoms with E-state index in [9.17, 15) is 10.1 Å². The number of azo groups is 1. The molecule has 0 saturated carbocycles. The van der Waals surface area contributed by atoms with Gasteiger partial charge in [0.15, 0.2) is 0 Å². The number of anilines is 1. The molecule has 0 N–H and O–H groups in total. The van der Waals surface area contributed by atoms with Gasteiger partial charge in [0.25, 0.3) is 5.69 Å². The maximum Gasteiger partial charge on any atom is 0.269 e. The van der Waals surface area contributed by atoms with Crippen LogP contribution in [0.1, 0.15) is 19.4 Å². The zero-order valence-electron chi connectivity index (χ0n) is 13.9. The van der Waals surface area contributed by atoms with Gasteiger partial charge < -0.3 is 4.90 Å². The lowest BCUT2D eigenvalue weighted by Crippen LogP contribution is -2.21. The van der Waals surface area contributed by atoms with Crippen LogP contribution in [0.3, 0.4) is 0 Å². The Morgan fingerprint density at radius 2 is 1.71 bits per heavy atom. The molecule has 0 heterocycles. The van der Waals surface area contributed by atoms with Gasteiger partial charge in [0.05, 0.1) is 15.6 Å². The first kappa shape index (κ1) is 17.9. The number of nitro groups is 1. The number of halogens is 1. The zero-order chi connectivity index (χ0) is 17.7. The second kappa shape index (κ2) is 7.88. The Hall–Kier alpha value is -2.47. The predicted molar refractivity (Wildman–Crippen MR) is 97.0 cm³/mol. The van der Waals surface area contributed by atoms with Gasteiger partial charge in [-0.25, -0.2) is 0 Å². The van der Waals surface area contributed by atoms with Crippen molar-refractivity contribution < 1.29 is 4.92 Å². The number of nitro benzene ring substituents is 1. The lowest BCUT2D eigenvalue weighted by molar-refractivity contribution is -0.384. The fraction of sp³-hybridized carbons (Fsp3) is 0.294. The standard InChI is InChI=1S/C17H19ClN4O2/c1-4-21(5-2)13-6-9-17(15(18)11-13)20-19-16-8-7-14(22(23)24)10-12(16)3/h6-11H,4-5H2,1-3H3. The van der Waals surface area contributed by atoms with E-state index in [1.807, 2.05) is 18.2 Å². The van der Waals surface area contributed by atoms with Gasteiger partial charge in [-0.15, -0.1) is 5.11 Å². The number of hydrogen-bond acceptors (Lipinski definition) is 5. The molecule has 0 radical (unpaired) electrons. The minimum atomic E-state index is -0.434. The molecule has 2 aromatic rings. The summed E-state index contributed by atoms with van der Waals surface area (Å²) in [6.45, 7) is 7.72. The second-order valence-electron chi connectivity index (χ2n) is 5.24. The van der Waals surface area contributed by atoms with E-state index >= 15 is 0 Å². The normalized spacial score (nSPS) is 11.0. The summed E-state index contributed by atoms with van der Waals surface area (Å²) in [5.74, 6) is 0. The molecule has 0 atom stereocenters. The van der Waals surface area contributed by atoms with Gasteiger partial charge in [-0.3, -0.25) is 10.1 Å². The molecule has 0 aliphatic rings. The highest BCUT2D eigenvalue weighted by atomic mass is 35.5. The summed E-state index contributed by atoms with van der Waals surface area (Å²) in [4.78, 5) is 12.5. The Bertz CT molecular complexity index is 773. The van der Waals surface area contributed by atoms with Crippen molar-refractivity contribution >= 4 is 34.4 Å². The first-order valence-electron chi connectivity index (χ1n) is 7.67. The molecule has 2 rings (SSSR count). The Balaban J connectivity index is 2.25. The first-order valence-corrected chi connectivity index (χ1v) is 8.05. The van der Waals surface area contributed by atoms with Crippen LogP contribution in [-0.2, 0) is 0 Å². The molecule has 2 aromatic carbocycles. The third-order valence-corrected chi connectivity index (χ3v) is 4.02. The molecule has 0 aliphatic carbocycles. The summed E-state index contributed by atoms with van der Waals surface area (Å²) < 4.78 is 0. The molecule has 6 nitrogen and oxygen atoms in total. The van der Waals surface area contributed by atoms with E-state index < -0.39 is 4.92 Å². The molecule has 0 amide bonds. The SMILES string of the molecule is CCN(CC)c1ccc(N=Nc2ccc([N+](=O)[O-])cc2C)c(Cl)c1. The molecular weight excluding hydrogens is 328 g/mol. The molecule has 0 aromatic heterocycles. The van der Waals surface area contributed by atoms with Crippen molar-refractivity contribution in [3.63, 3.8) is 0 Å². The first-order chi connectivity index (χ1) is 11.5. The average molecular weight is 347 g/mol. The Morgan fingerprint density at radius 1 is 1.08 bits per heavy atom. The van der Waals surface area contributed by atoms with Crippen molar-refractivity contribution in [2.45, 2.75) is 20.8 Å². The number of aryl methyl sites for hydroxylation is 1. The van der Waals surface area contributed by atoms with Gasteiger partial charge in [0.2, 0.25) is 0 Å². The van der Waals surface area contributed by atoms with Crippen molar-refractivity contribution in [2.24, 2.45) is 10.2 Å². The molecule has 0 saturated heterocycles. The molecule has 126 valence electrons. The monoisotopic (exact) mass is 346 g/mol. The van der Waals surface area contributed by atoms with E-state index in [2.05, 4.69) is 29.0 Å². The second-order valence-corrected chi connectivity index (χ2v) is 5.64. The smallest absolute Gasteiger partial charge is 0.269 e. The van der Waals surface area contributed by atoms with Gasteiger partial charge in [-0.1, -0.05) is 11.6 Å². The summed E-state index contributed by atoms with van der Waals surface area (Å²) in [6, 6.07) is 10.1. The van der Waals surface area contributed by atoms with Crippen LogP contribution in [0.25, 0.3) is 0 Å². The van der Waals surface area contributed by atoms with Gasteiger partial charge in [0, 0.05) is 30.9 Å². The van der Waals surface area contributed by atoms with Crippen molar-refractivity contribution in [2.75, 3.05) is 18.0 Å². The lowest BCUT2D eigenvalue weighted by atomic mass is 10.2. The number of hydrogen-bond donors (Lipinski definition) is 0. The minimum absolute atomic E-state index is 0.0352. The Morgan fingerprint density at radius 3 is 2.25 bits per heavy atom. The van der Waals surface area contributed by atoms with Crippen LogP contribution in [0.5, 0.6) is 0 Å². The predicted octanol–water partition coefficient (Wildman–Crippen LogP) is 5.82. The van der Waals surface area contributed by atoms with Crippen LogP contribution in [0.15, 0.2) is 46.6 Å². The Kier molecular flexibility index (Phi) is 5.87. The van der Waals surface area contributed by atoms with Gasteiger partial charge in [0.1, 0.15) is 5.69 Å². The molecule has 0 unspecified atom stereocenters. The van der Waals surface area contributed by atoms with Crippen LogP contribution in [0.2, 0.25) is 5.02 Å². The summed E-state index contributed by atoms with van der Waals surface area (Å²) in [5.41, 5.74) is 2.89. The molecule has 24 heavy (non-hydrogen) atoms. The molecule has 0 spiro atoms. The molecule has 0 fully saturated rings. The van der Waals surface area contributed by atoms with E-state index in [4.69, 9.17) is 11.6 Å². The number of benzene rings is 2. The third-order valence-electron chi connectivity index (χ3n) is 3.72. The van der Waals surface area contributed by atoms with E-state index in [-0.39, 0.29) is 5.69 Å². The number of rotatable bonds is 6. The van der Waals surface area contributed by atoms with Gasteiger partial charge >= 0.3 is 0 Å². The van der Waals surface area contributed by atoms with Crippen molar-refractivity contribution in [3.05, 3.63) is 57.1 Å². The maximum absolute atomic E-state index is 10.8. The maximum atomic E-state index is 10.8. The lowest BCUT2D eigenvalue weighted by Gasteiger charge is -2.21. The highest BCUT2D eigenvalue weighted by Crippen LogP contribution is 2.32. The third kappa shape index (κ3) is 4.08. The molecular formula is C17H19ClN4O2. The van der Waals surface area contributed by atoms with Gasteiger partial charge in [-0.05, 0) is 50.6 Å². The minimum Gasteiger partial charge on any atom is -0.372 e. The van der Waals surface area contributed by atoms with E-state index in [0.717, 1.165) is 18.8 Å². The summed E-state index contributed by atoms with van der Waals surface area (Å²) in [5, 5.41) is 19.6. The van der Waals surface area contributed by atoms with Crippen LogP contribution >= 0.6 is 11.6 Å². The van der Waals surface area contributed by atoms with Crippen LogP contribution in [-0.4, -0.2) is 18.0 Å². The van der Waals surface area contributed by atoms with Crippen molar-refractivity contribution in [1.82, 2.24) is 0 Å². The summed E-state index contributed by atoms with van der Waals surface area (Å²) in [6.07, 6.45) is 0. The fourth-order valence-corrected chi connectivity index (χ4v) is 2.55. The van der Waals surface area contributed by atoms with E-state index in [1.165, 1.54) is 12.1 Å².